The van der Waals surface area contributed by atoms with Crippen molar-refractivity contribution in [3.05, 3.63) is 18.6 Å². The summed E-state index contributed by atoms with van der Waals surface area (Å²) in [6.45, 7) is 3.00. The van der Waals surface area contributed by atoms with Crippen molar-refractivity contribution in [2.24, 2.45) is 0 Å². The lowest BCUT2D eigenvalue weighted by Gasteiger charge is -2.22. The predicted molar refractivity (Wildman–Crippen MR) is 74.0 cm³/mol. The summed E-state index contributed by atoms with van der Waals surface area (Å²) in [5.74, 6) is 0.969. The molecule has 0 aliphatic heterocycles. The largest absolute Gasteiger partial charge is 0.382 e. The number of hydrogen-bond donors (Lipinski definition) is 2. The number of nitrogens with two attached hydrogens (primary N) is 1. The van der Waals surface area contributed by atoms with E-state index in [1.54, 1.807) is 25.6 Å². The fourth-order valence-corrected chi connectivity index (χ4v) is 1.93. The molecule has 2 aromatic heterocycles. The maximum Gasteiger partial charge on any atom is 0.239 e. The first-order chi connectivity index (χ1) is 9.15. The van der Waals surface area contributed by atoms with E-state index in [-0.39, 0.29) is 12.5 Å². The van der Waals surface area contributed by atoms with Crippen molar-refractivity contribution in [3.8, 4) is 0 Å². The molecule has 0 bridgehead atoms. The van der Waals surface area contributed by atoms with E-state index in [4.69, 9.17) is 5.73 Å². The summed E-state index contributed by atoms with van der Waals surface area (Å²) in [6.07, 6.45) is 6.10. The lowest BCUT2D eigenvalue weighted by molar-refractivity contribution is -0.119. The van der Waals surface area contributed by atoms with Crippen molar-refractivity contribution >= 4 is 23.2 Å². The molecule has 0 aromatic carbocycles. The monoisotopic (exact) mass is 262 g/mol. The highest BCUT2D eigenvalue weighted by Gasteiger charge is 2.16. The van der Waals surface area contributed by atoms with Crippen LogP contribution in [0.3, 0.4) is 0 Å². The number of fused-ring (bicyclic) bond motifs is 1. The topological polar surface area (TPSA) is 88.5 Å². The van der Waals surface area contributed by atoms with Crippen LogP contribution in [0.15, 0.2) is 18.6 Å². The second kappa shape index (κ2) is 5.55. The summed E-state index contributed by atoms with van der Waals surface area (Å²) in [7, 11) is 1.62. The van der Waals surface area contributed by atoms with E-state index in [1.807, 2.05) is 16.2 Å². The molecule has 0 atom stereocenters. The molecule has 102 valence electrons. The first-order valence-electron chi connectivity index (χ1n) is 6.20. The average molecular weight is 262 g/mol. The van der Waals surface area contributed by atoms with Gasteiger partial charge in [-0.3, -0.25) is 4.79 Å². The summed E-state index contributed by atoms with van der Waals surface area (Å²) in [5.41, 5.74) is 6.49. The molecule has 0 saturated heterocycles. The number of likely N-dealkylation sites (N-methyl/N-ethyl adjacent to an activating group) is 1. The number of amides is 1. The van der Waals surface area contributed by atoms with Gasteiger partial charge in [-0.25, -0.2) is 9.97 Å². The summed E-state index contributed by atoms with van der Waals surface area (Å²) in [6, 6.07) is 0. The molecule has 2 rings (SSSR count). The predicted octanol–water partition coefficient (Wildman–Crippen LogP) is 0.274. The molecule has 0 aliphatic rings. The normalized spacial score (nSPS) is 10.6. The molecule has 0 saturated carbocycles. The van der Waals surface area contributed by atoms with Gasteiger partial charge >= 0.3 is 0 Å². The number of anilines is 2. The van der Waals surface area contributed by atoms with E-state index < -0.39 is 0 Å². The highest BCUT2D eigenvalue weighted by molar-refractivity contribution is 5.82. The van der Waals surface area contributed by atoms with Gasteiger partial charge in [-0.15, -0.1) is 0 Å². The summed E-state index contributed by atoms with van der Waals surface area (Å²) in [5, 5.41) is 2.61. The lowest BCUT2D eigenvalue weighted by atomic mass is 10.3. The number of aromatic nitrogens is 3. The number of rotatable bonds is 5. The number of nitrogens with one attached hydrogen (secondary N) is 1. The van der Waals surface area contributed by atoms with Crippen LogP contribution in [0.2, 0.25) is 0 Å². The number of imidazole rings is 1. The van der Waals surface area contributed by atoms with Crippen LogP contribution >= 0.6 is 0 Å². The van der Waals surface area contributed by atoms with Gasteiger partial charge in [-0.1, -0.05) is 6.92 Å². The van der Waals surface area contributed by atoms with Crippen LogP contribution in [-0.4, -0.2) is 40.4 Å². The number of carbonyl (C=O) groups is 1. The molecule has 0 unspecified atom stereocenters. The van der Waals surface area contributed by atoms with Crippen molar-refractivity contribution in [3.63, 3.8) is 0 Å². The Hall–Kier alpha value is -2.31. The van der Waals surface area contributed by atoms with Crippen LogP contribution < -0.4 is 16.0 Å². The molecule has 2 aromatic rings. The van der Waals surface area contributed by atoms with E-state index >= 15 is 0 Å². The van der Waals surface area contributed by atoms with Crippen molar-refractivity contribution in [1.82, 2.24) is 19.7 Å². The fourth-order valence-electron chi connectivity index (χ4n) is 1.93. The van der Waals surface area contributed by atoms with E-state index in [2.05, 4.69) is 15.3 Å². The molecule has 0 fully saturated rings. The minimum atomic E-state index is -0.0672. The van der Waals surface area contributed by atoms with E-state index in [1.165, 1.54) is 0 Å². The first-order valence-corrected chi connectivity index (χ1v) is 6.20. The fraction of sp³-hybridized carbons (Fsp3) is 0.417. The van der Waals surface area contributed by atoms with Gasteiger partial charge < -0.3 is 20.4 Å². The molecule has 19 heavy (non-hydrogen) atoms. The second-order valence-corrected chi connectivity index (χ2v) is 4.24. The lowest BCUT2D eigenvalue weighted by Crippen LogP contribution is -2.37. The third-order valence-corrected chi connectivity index (χ3v) is 2.78. The van der Waals surface area contributed by atoms with Crippen LogP contribution in [0, 0.1) is 0 Å². The third kappa shape index (κ3) is 2.75. The van der Waals surface area contributed by atoms with Crippen molar-refractivity contribution in [2.75, 3.05) is 30.8 Å². The van der Waals surface area contributed by atoms with Gasteiger partial charge in [0.15, 0.2) is 11.5 Å². The van der Waals surface area contributed by atoms with Gasteiger partial charge in [0, 0.05) is 26.0 Å². The van der Waals surface area contributed by atoms with Gasteiger partial charge in [0.2, 0.25) is 5.91 Å². The summed E-state index contributed by atoms with van der Waals surface area (Å²) in [4.78, 5) is 22.1. The Morgan fingerprint density at radius 1 is 1.58 bits per heavy atom. The quantitative estimate of drug-likeness (QED) is 0.807. The average Bonchev–Trinajstić information content (AvgIpc) is 2.85. The molecule has 1 amide bonds. The molecule has 2 heterocycles. The summed E-state index contributed by atoms with van der Waals surface area (Å²) >= 11 is 0. The molecular formula is C12H18N6O. The van der Waals surface area contributed by atoms with Crippen molar-refractivity contribution in [2.45, 2.75) is 13.3 Å². The Balaban J connectivity index is 2.42. The van der Waals surface area contributed by atoms with Gasteiger partial charge in [0.05, 0.1) is 12.7 Å². The van der Waals surface area contributed by atoms with Gasteiger partial charge in [-0.05, 0) is 6.42 Å². The van der Waals surface area contributed by atoms with Crippen molar-refractivity contribution in [1.29, 1.82) is 0 Å². The highest BCUT2D eigenvalue weighted by Crippen LogP contribution is 2.19. The molecular weight excluding hydrogens is 244 g/mol. The maximum absolute atomic E-state index is 11.6. The van der Waals surface area contributed by atoms with Crippen LogP contribution in [0.1, 0.15) is 13.3 Å². The standard InChI is InChI=1S/C12H18N6O/c1-3-5-17(8-10(19)14-2)12-11-15-4-6-18(11)7-9(13)16-12/h4,6-7H,3,5,8,13H2,1-2H3,(H,14,19). The first kappa shape index (κ1) is 13.1. The zero-order valence-electron chi connectivity index (χ0n) is 11.1. The molecule has 7 nitrogen and oxygen atoms in total. The smallest absolute Gasteiger partial charge is 0.239 e. The summed E-state index contributed by atoms with van der Waals surface area (Å²) < 4.78 is 1.81. The Morgan fingerprint density at radius 3 is 3.05 bits per heavy atom. The van der Waals surface area contributed by atoms with Crippen LogP contribution in [-0.2, 0) is 4.79 Å². The molecule has 0 radical (unpaired) electrons. The molecule has 3 N–H and O–H groups in total. The van der Waals surface area contributed by atoms with E-state index in [9.17, 15) is 4.79 Å². The Kier molecular flexibility index (Phi) is 3.84. The van der Waals surface area contributed by atoms with E-state index in [0.717, 1.165) is 6.42 Å². The minimum Gasteiger partial charge on any atom is -0.382 e. The third-order valence-electron chi connectivity index (χ3n) is 2.78. The highest BCUT2D eigenvalue weighted by atomic mass is 16.1. The second-order valence-electron chi connectivity index (χ2n) is 4.24. The Bertz CT molecular complexity index is 579. The number of nitrogens with zero attached hydrogens (tertiary/aromatic N) is 4. The van der Waals surface area contributed by atoms with Crippen LogP contribution in [0.25, 0.3) is 5.65 Å². The number of nitrogen functional groups attached to an aromatic ring is 1. The molecule has 0 spiro atoms. The minimum absolute atomic E-state index is 0.0672. The van der Waals surface area contributed by atoms with Gasteiger partial charge in [0.25, 0.3) is 0 Å². The molecule has 7 heteroatoms. The number of hydrogen-bond acceptors (Lipinski definition) is 5. The van der Waals surface area contributed by atoms with E-state index in [0.29, 0.717) is 23.8 Å². The Labute approximate surface area is 111 Å². The van der Waals surface area contributed by atoms with Crippen molar-refractivity contribution < 1.29 is 4.79 Å². The zero-order chi connectivity index (χ0) is 13.8. The molecule has 0 aliphatic carbocycles. The van der Waals surface area contributed by atoms with Gasteiger partial charge in [0.1, 0.15) is 5.82 Å². The number of carbonyl (C=O) groups excluding carboxylic acids is 1. The SMILES string of the molecule is CCCN(CC(=O)NC)c1nc(N)cn2ccnc12. The Morgan fingerprint density at radius 2 is 2.37 bits per heavy atom. The van der Waals surface area contributed by atoms with Crippen LogP contribution in [0.4, 0.5) is 11.6 Å². The zero-order valence-corrected chi connectivity index (χ0v) is 11.1. The maximum atomic E-state index is 11.6. The van der Waals surface area contributed by atoms with Crippen LogP contribution in [0.5, 0.6) is 0 Å². The van der Waals surface area contributed by atoms with Gasteiger partial charge in [-0.2, -0.15) is 0 Å².